The Kier molecular flexibility index (Phi) is 6.94. The Morgan fingerprint density at radius 1 is 1.19 bits per heavy atom. The number of carbonyl (C=O) groups is 3. The Balaban J connectivity index is 2.47. The van der Waals surface area contributed by atoms with Crippen molar-refractivity contribution in [3.63, 3.8) is 0 Å². The quantitative estimate of drug-likeness (QED) is 0.775. The molecule has 1 N–H and O–H groups in total. The highest BCUT2D eigenvalue weighted by molar-refractivity contribution is 5.82. The molecule has 21 heavy (non-hydrogen) atoms. The van der Waals surface area contributed by atoms with E-state index in [1.165, 1.54) is 14.0 Å². The normalized spacial score (nSPS) is 11.3. The Morgan fingerprint density at radius 3 is 2.43 bits per heavy atom. The molecule has 0 fully saturated rings. The second-order valence-corrected chi connectivity index (χ2v) is 4.52. The molecule has 1 aromatic rings. The minimum Gasteiger partial charge on any atom is -0.467 e. The van der Waals surface area contributed by atoms with Crippen LogP contribution in [0.3, 0.4) is 0 Å². The van der Waals surface area contributed by atoms with Crippen LogP contribution in [-0.2, 0) is 25.7 Å². The fraction of sp³-hybridized carbons (Fsp3) is 0.400. The SMILES string of the molecule is COC(=O)C(CCC(C)=O)NC(=O)OCc1ccccc1. The van der Waals surface area contributed by atoms with Crippen molar-refractivity contribution in [1.82, 2.24) is 5.32 Å². The summed E-state index contributed by atoms with van der Waals surface area (Å²) in [4.78, 5) is 34.2. The first-order chi connectivity index (χ1) is 10.0. The number of hydrogen-bond acceptors (Lipinski definition) is 5. The summed E-state index contributed by atoms with van der Waals surface area (Å²) >= 11 is 0. The number of nitrogens with one attached hydrogen (secondary N) is 1. The second-order valence-electron chi connectivity index (χ2n) is 4.52. The number of ketones is 1. The molecule has 0 aromatic heterocycles. The van der Waals surface area contributed by atoms with Gasteiger partial charge in [-0.15, -0.1) is 0 Å². The van der Waals surface area contributed by atoms with Crippen molar-refractivity contribution in [2.24, 2.45) is 0 Å². The van der Waals surface area contributed by atoms with E-state index in [9.17, 15) is 14.4 Å². The molecular weight excluding hydrogens is 274 g/mol. The van der Waals surface area contributed by atoms with Gasteiger partial charge in [-0.2, -0.15) is 0 Å². The molecule has 0 spiro atoms. The van der Waals surface area contributed by atoms with Gasteiger partial charge in [-0.1, -0.05) is 30.3 Å². The zero-order valence-electron chi connectivity index (χ0n) is 12.1. The van der Waals surface area contributed by atoms with E-state index in [2.05, 4.69) is 10.1 Å². The third-order valence-corrected chi connectivity index (χ3v) is 2.78. The van der Waals surface area contributed by atoms with Crippen molar-refractivity contribution < 1.29 is 23.9 Å². The van der Waals surface area contributed by atoms with Crippen LogP contribution in [0.15, 0.2) is 30.3 Å². The molecule has 1 rings (SSSR count). The number of amides is 1. The molecule has 114 valence electrons. The highest BCUT2D eigenvalue weighted by Crippen LogP contribution is 2.04. The van der Waals surface area contributed by atoms with E-state index in [-0.39, 0.29) is 25.2 Å². The van der Waals surface area contributed by atoms with Crippen LogP contribution < -0.4 is 5.32 Å². The van der Waals surface area contributed by atoms with Crippen LogP contribution in [0.2, 0.25) is 0 Å². The fourth-order valence-corrected chi connectivity index (χ4v) is 1.65. The number of methoxy groups -OCH3 is 1. The summed E-state index contributed by atoms with van der Waals surface area (Å²) < 4.78 is 9.61. The van der Waals surface area contributed by atoms with E-state index in [0.717, 1.165) is 5.56 Å². The zero-order chi connectivity index (χ0) is 15.7. The van der Waals surface area contributed by atoms with Gasteiger partial charge in [0.05, 0.1) is 7.11 Å². The molecule has 0 aliphatic rings. The van der Waals surface area contributed by atoms with Crippen molar-refractivity contribution >= 4 is 17.8 Å². The summed E-state index contributed by atoms with van der Waals surface area (Å²) in [5.41, 5.74) is 0.839. The number of hydrogen-bond donors (Lipinski definition) is 1. The van der Waals surface area contributed by atoms with Crippen molar-refractivity contribution in [2.75, 3.05) is 7.11 Å². The van der Waals surface area contributed by atoms with Gasteiger partial charge < -0.3 is 19.6 Å². The van der Waals surface area contributed by atoms with Gasteiger partial charge in [0.15, 0.2) is 0 Å². The molecule has 0 bridgehead atoms. The molecule has 6 heteroatoms. The van der Waals surface area contributed by atoms with E-state index in [1.54, 1.807) is 0 Å². The lowest BCUT2D eigenvalue weighted by molar-refractivity contribution is -0.143. The first-order valence-corrected chi connectivity index (χ1v) is 6.57. The molecule has 0 aliphatic heterocycles. The Hall–Kier alpha value is -2.37. The minimum atomic E-state index is -0.887. The third kappa shape index (κ3) is 6.56. The summed E-state index contributed by atoms with van der Waals surface area (Å²) in [7, 11) is 1.22. The van der Waals surface area contributed by atoms with Crippen LogP contribution in [-0.4, -0.2) is 31.0 Å². The van der Waals surface area contributed by atoms with Gasteiger partial charge in [-0.05, 0) is 18.9 Å². The molecule has 0 radical (unpaired) electrons. The fourth-order valence-electron chi connectivity index (χ4n) is 1.65. The summed E-state index contributed by atoms with van der Waals surface area (Å²) in [5.74, 6) is -0.670. The number of alkyl carbamates (subject to hydrolysis) is 1. The maximum Gasteiger partial charge on any atom is 0.408 e. The number of esters is 1. The lowest BCUT2D eigenvalue weighted by Crippen LogP contribution is -2.42. The van der Waals surface area contributed by atoms with E-state index in [1.807, 2.05) is 30.3 Å². The van der Waals surface area contributed by atoms with E-state index in [0.29, 0.717) is 0 Å². The highest BCUT2D eigenvalue weighted by atomic mass is 16.6. The average molecular weight is 293 g/mol. The lowest BCUT2D eigenvalue weighted by Gasteiger charge is -2.15. The van der Waals surface area contributed by atoms with Crippen LogP contribution in [0.25, 0.3) is 0 Å². The molecule has 0 aliphatic carbocycles. The van der Waals surface area contributed by atoms with Crippen LogP contribution >= 0.6 is 0 Å². The van der Waals surface area contributed by atoms with E-state index < -0.39 is 18.1 Å². The summed E-state index contributed by atoms with van der Waals surface area (Å²) in [6.07, 6.45) is -0.362. The molecular formula is C15H19NO5. The third-order valence-electron chi connectivity index (χ3n) is 2.78. The first kappa shape index (κ1) is 16.7. The molecule has 1 aromatic carbocycles. The Labute approximate surface area is 123 Å². The van der Waals surface area contributed by atoms with Crippen LogP contribution in [0.5, 0.6) is 0 Å². The monoisotopic (exact) mass is 293 g/mol. The maximum absolute atomic E-state index is 11.7. The molecule has 6 nitrogen and oxygen atoms in total. The first-order valence-electron chi connectivity index (χ1n) is 6.57. The van der Waals surface area contributed by atoms with Gasteiger partial charge in [0.1, 0.15) is 18.4 Å². The van der Waals surface area contributed by atoms with Crippen LogP contribution in [0.1, 0.15) is 25.3 Å². The molecule has 1 amide bonds. The second kappa shape index (κ2) is 8.73. The van der Waals surface area contributed by atoms with Crippen molar-refractivity contribution in [3.05, 3.63) is 35.9 Å². The number of Topliss-reactive ketones (excluding diaryl/α,β-unsaturated/α-hetero) is 1. The molecule has 1 atom stereocenters. The van der Waals surface area contributed by atoms with E-state index >= 15 is 0 Å². The predicted octanol–water partition coefficient (Wildman–Crippen LogP) is 1.82. The standard InChI is InChI=1S/C15H19NO5/c1-11(17)8-9-13(14(18)20-2)16-15(19)21-10-12-6-4-3-5-7-12/h3-7,13H,8-10H2,1-2H3,(H,16,19). The van der Waals surface area contributed by atoms with Crippen molar-refractivity contribution in [3.8, 4) is 0 Å². The predicted molar refractivity (Wildman–Crippen MR) is 75.5 cm³/mol. The van der Waals surface area contributed by atoms with Gasteiger partial charge in [0, 0.05) is 6.42 Å². The number of carbonyl (C=O) groups excluding carboxylic acids is 3. The van der Waals surface area contributed by atoms with Crippen molar-refractivity contribution in [2.45, 2.75) is 32.4 Å². The highest BCUT2D eigenvalue weighted by Gasteiger charge is 2.22. The maximum atomic E-state index is 11.7. The van der Waals surface area contributed by atoms with Crippen LogP contribution in [0, 0.1) is 0 Å². The largest absolute Gasteiger partial charge is 0.467 e. The molecule has 0 saturated heterocycles. The van der Waals surface area contributed by atoms with Gasteiger partial charge in [-0.3, -0.25) is 0 Å². The summed E-state index contributed by atoms with van der Waals surface area (Å²) in [6, 6.07) is 8.28. The molecule has 0 saturated carbocycles. The Bertz CT molecular complexity index is 486. The van der Waals surface area contributed by atoms with Crippen molar-refractivity contribution in [1.29, 1.82) is 0 Å². The van der Waals surface area contributed by atoms with Gasteiger partial charge in [0.2, 0.25) is 0 Å². The van der Waals surface area contributed by atoms with E-state index in [4.69, 9.17) is 4.74 Å². The smallest absolute Gasteiger partial charge is 0.408 e. The number of rotatable bonds is 7. The van der Waals surface area contributed by atoms with Crippen LogP contribution in [0.4, 0.5) is 4.79 Å². The topological polar surface area (TPSA) is 81.7 Å². The number of benzene rings is 1. The zero-order valence-corrected chi connectivity index (χ0v) is 12.1. The molecule has 1 unspecified atom stereocenters. The summed E-state index contributed by atoms with van der Waals surface area (Å²) in [5, 5.41) is 2.41. The Morgan fingerprint density at radius 2 is 1.86 bits per heavy atom. The van der Waals surface area contributed by atoms with Gasteiger partial charge in [-0.25, -0.2) is 9.59 Å². The van der Waals surface area contributed by atoms with Gasteiger partial charge >= 0.3 is 12.1 Å². The minimum absolute atomic E-state index is 0.0663. The summed E-state index contributed by atoms with van der Waals surface area (Å²) in [6.45, 7) is 1.52. The average Bonchev–Trinajstić information content (AvgIpc) is 2.49. The van der Waals surface area contributed by atoms with Gasteiger partial charge in [0.25, 0.3) is 0 Å². The lowest BCUT2D eigenvalue weighted by atomic mass is 10.1. The molecule has 0 heterocycles. The number of ether oxygens (including phenoxy) is 2.